The third-order valence-electron chi connectivity index (χ3n) is 2.40. The maximum absolute atomic E-state index is 11.0. The molecule has 1 aromatic carbocycles. The Morgan fingerprint density at radius 1 is 1.25 bits per heavy atom. The van der Waals surface area contributed by atoms with Crippen molar-refractivity contribution in [3.05, 3.63) is 34.2 Å². The first-order valence-electron chi connectivity index (χ1n) is 4.76. The molecule has 0 amide bonds. The van der Waals surface area contributed by atoms with Crippen LogP contribution in [-0.4, -0.2) is 31.6 Å². The molecule has 0 saturated heterocycles. The monoisotopic (exact) mass is 286 g/mol. The van der Waals surface area contributed by atoms with Crippen molar-refractivity contribution in [2.75, 3.05) is 5.33 Å². The number of imidazole rings is 1. The fourth-order valence-electron chi connectivity index (χ4n) is 1.54. The number of aromatic amines is 2. The Kier molecular flexibility index (Phi) is 3.13. The largest absolute Gasteiger partial charge is 0.389 e. The topological polar surface area (TPSA) is 89.1 Å². The Morgan fingerprint density at radius 2 is 1.94 bits per heavy atom. The first kappa shape index (κ1) is 11.4. The first-order chi connectivity index (χ1) is 7.61. The lowest BCUT2D eigenvalue weighted by molar-refractivity contribution is 0.0343. The highest BCUT2D eigenvalue weighted by Crippen LogP contribution is 2.20. The van der Waals surface area contributed by atoms with E-state index in [-0.39, 0.29) is 11.0 Å². The van der Waals surface area contributed by atoms with Gasteiger partial charge in [-0.1, -0.05) is 22.0 Å². The van der Waals surface area contributed by atoms with E-state index in [0.717, 1.165) is 0 Å². The summed E-state index contributed by atoms with van der Waals surface area (Å²) in [5, 5.41) is 19.5. The SMILES string of the molecule is O=c1[nH]c2ccc(C(O)C(O)CBr)cc2[nH]1. The van der Waals surface area contributed by atoms with Gasteiger partial charge in [-0.05, 0) is 17.7 Å². The highest BCUT2D eigenvalue weighted by Gasteiger charge is 2.17. The lowest BCUT2D eigenvalue weighted by Crippen LogP contribution is -2.19. The molecule has 0 aliphatic rings. The van der Waals surface area contributed by atoms with Crippen molar-refractivity contribution in [1.82, 2.24) is 9.97 Å². The van der Waals surface area contributed by atoms with Gasteiger partial charge in [-0.15, -0.1) is 0 Å². The molecule has 0 saturated carbocycles. The number of fused-ring (bicyclic) bond motifs is 1. The van der Waals surface area contributed by atoms with Crippen LogP contribution in [0.5, 0.6) is 0 Å². The van der Waals surface area contributed by atoms with Crippen LogP contribution < -0.4 is 5.69 Å². The Hall–Kier alpha value is -1.11. The van der Waals surface area contributed by atoms with Crippen LogP contribution in [0.15, 0.2) is 23.0 Å². The first-order valence-corrected chi connectivity index (χ1v) is 5.88. The summed E-state index contributed by atoms with van der Waals surface area (Å²) in [7, 11) is 0. The predicted molar refractivity (Wildman–Crippen MR) is 63.7 cm³/mol. The van der Waals surface area contributed by atoms with E-state index in [1.54, 1.807) is 18.2 Å². The minimum Gasteiger partial charge on any atom is -0.389 e. The number of hydrogen-bond donors (Lipinski definition) is 4. The number of H-pyrrole nitrogens is 2. The molecule has 6 heteroatoms. The molecule has 86 valence electrons. The van der Waals surface area contributed by atoms with Crippen LogP contribution in [0.25, 0.3) is 11.0 Å². The Bertz CT molecular complexity index is 548. The van der Waals surface area contributed by atoms with E-state index in [1.165, 1.54) is 0 Å². The van der Waals surface area contributed by atoms with E-state index in [2.05, 4.69) is 25.9 Å². The van der Waals surface area contributed by atoms with E-state index in [1.807, 2.05) is 0 Å². The van der Waals surface area contributed by atoms with E-state index < -0.39 is 12.2 Å². The summed E-state index contributed by atoms with van der Waals surface area (Å²) in [5.41, 5.74) is 1.56. The second-order valence-corrected chi connectivity index (χ2v) is 4.20. The fraction of sp³-hybridized carbons (Fsp3) is 0.300. The summed E-state index contributed by atoms with van der Waals surface area (Å²) >= 11 is 3.09. The minimum absolute atomic E-state index is 0.288. The molecular formula is C10H11BrN2O3. The molecular weight excluding hydrogens is 276 g/mol. The van der Waals surface area contributed by atoms with Gasteiger partial charge in [-0.25, -0.2) is 4.79 Å². The van der Waals surface area contributed by atoms with E-state index >= 15 is 0 Å². The number of benzene rings is 1. The molecule has 0 bridgehead atoms. The molecule has 1 aromatic heterocycles. The van der Waals surface area contributed by atoms with Crippen molar-refractivity contribution in [3.8, 4) is 0 Å². The second kappa shape index (κ2) is 4.40. The molecule has 0 spiro atoms. The van der Waals surface area contributed by atoms with Crippen LogP contribution >= 0.6 is 15.9 Å². The fourth-order valence-corrected chi connectivity index (χ4v) is 1.89. The number of halogens is 1. The molecule has 2 rings (SSSR count). The van der Waals surface area contributed by atoms with Crippen molar-refractivity contribution < 1.29 is 10.2 Å². The Morgan fingerprint density at radius 3 is 2.62 bits per heavy atom. The zero-order valence-corrected chi connectivity index (χ0v) is 9.86. The lowest BCUT2D eigenvalue weighted by atomic mass is 10.1. The molecule has 5 nitrogen and oxygen atoms in total. The molecule has 0 aliphatic carbocycles. The summed E-state index contributed by atoms with van der Waals surface area (Å²) in [4.78, 5) is 16.2. The zero-order valence-electron chi connectivity index (χ0n) is 8.27. The van der Waals surface area contributed by atoms with Crippen LogP contribution in [0.2, 0.25) is 0 Å². The number of alkyl halides is 1. The smallest absolute Gasteiger partial charge is 0.323 e. The number of nitrogens with one attached hydrogen (secondary N) is 2. The highest BCUT2D eigenvalue weighted by atomic mass is 79.9. The number of hydrogen-bond acceptors (Lipinski definition) is 3. The molecule has 2 atom stereocenters. The van der Waals surface area contributed by atoms with Crippen molar-refractivity contribution in [2.45, 2.75) is 12.2 Å². The van der Waals surface area contributed by atoms with Crippen LogP contribution in [0.3, 0.4) is 0 Å². The molecule has 0 aliphatic heterocycles. The molecule has 1 heterocycles. The van der Waals surface area contributed by atoms with Gasteiger partial charge in [0.05, 0.1) is 17.1 Å². The minimum atomic E-state index is -0.970. The maximum Gasteiger partial charge on any atom is 0.323 e. The molecule has 0 radical (unpaired) electrons. The van der Waals surface area contributed by atoms with Crippen LogP contribution in [0.1, 0.15) is 11.7 Å². The van der Waals surface area contributed by atoms with Gasteiger partial charge in [0.25, 0.3) is 0 Å². The molecule has 0 fully saturated rings. The predicted octanol–water partition coefficient (Wildman–Crippen LogP) is 0.645. The Labute approximate surface area is 99.3 Å². The van der Waals surface area contributed by atoms with Crippen LogP contribution in [-0.2, 0) is 0 Å². The van der Waals surface area contributed by atoms with Crippen LogP contribution in [0.4, 0.5) is 0 Å². The van der Waals surface area contributed by atoms with Gasteiger partial charge in [-0.2, -0.15) is 0 Å². The van der Waals surface area contributed by atoms with Crippen molar-refractivity contribution >= 4 is 27.0 Å². The van der Waals surface area contributed by atoms with E-state index in [0.29, 0.717) is 16.6 Å². The quantitative estimate of drug-likeness (QED) is 0.625. The number of aliphatic hydroxyl groups excluding tert-OH is 2. The third kappa shape index (κ3) is 2.04. The molecule has 4 N–H and O–H groups in total. The van der Waals surface area contributed by atoms with Gasteiger partial charge in [0.2, 0.25) is 0 Å². The number of aliphatic hydroxyl groups is 2. The third-order valence-corrected chi connectivity index (χ3v) is 3.07. The summed E-state index contributed by atoms with van der Waals surface area (Å²) in [5.74, 6) is 0. The van der Waals surface area contributed by atoms with Crippen molar-refractivity contribution in [3.63, 3.8) is 0 Å². The zero-order chi connectivity index (χ0) is 11.7. The maximum atomic E-state index is 11.0. The van der Waals surface area contributed by atoms with Crippen molar-refractivity contribution in [1.29, 1.82) is 0 Å². The van der Waals surface area contributed by atoms with E-state index in [9.17, 15) is 15.0 Å². The molecule has 2 unspecified atom stereocenters. The average Bonchev–Trinajstić information content (AvgIpc) is 2.65. The van der Waals surface area contributed by atoms with Gasteiger partial charge in [0, 0.05) is 5.33 Å². The summed E-state index contributed by atoms with van der Waals surface area (Å²) < 4.78 is 0. The second-order valence-electron chi connectivity index (χ2n) is 3.55. The molecule has 2 aromatic rings. The highest BCUT2D eigenvalue weighted by molar-refractivity contribution is 9.09. The van der Waals surface area contributed by atoms with Crippen molar-refractivity contribution in [2.24, 2.45) is 0 Å². The van der Waals surface area contributed by atoms with Gasteiger partial charge in [0.15, 0.2) is 0 Å². The summed E-state index contributed by atoms with van der Waals surface area (Å²) in [6.07, 6.45) is -1.84. The normalized spacial score (nSPS) is 15.2. The molecule has 16 heavy (non-hydrogen) atoms. The van der Waals surface area contributed by atoms with Crippen LogP contribution in [0, 0.1) is 0 Å². The summed E-state index contributed by atoms with van der Waals surface area (Å²) in [6, 6.07) is 5.00. The Balaban J connectivity index is 2.42. The lowest BCUT2D eigenvalue weighted by Gasteiger charge is -2.15. The van der Waals surface area contributed by atoms with Gasteiger partial charge >= 0.3 is 5.69 Å². The van der Waals surface area contributed by atoms with E-state index in [4.69, 9.17) is 0 Å². The number of rotatable bonds is 3. The standard InChI is InChI=1S/C10H11BrN2O3/c11-4-8(14)9(15)5-1-2-6-7(3-5)13-10(16)12-6/h1-3,8-9,14-15H,4H2,(H2,12,13,16). The van der Waals surface area contributed by atoms with Gasteiger partial charge < -0.3 is 20.2 Å². The average molecular weight is 287 g/mol. The van der Waals surface area contributed by atoms with Gasteiger partial charge in [0.1, 0.15) is 6.10 Å². The summed E-state index contributed by atoms with van der Waals surface area (Å²) in [6.45, 7) is 0. The number of aromatic nitrogens is 2. The van der Waals surface area contributed by atoms with Gasteiger partial charge in [-0.3, -0.25) is 0 Å².